The summed E-state index contributed by atoms with van der Waals surface area (Å²) in [6.45, 7) is 0. The van der Waals surface area contributed by atoms with Crippen molar-refractivity contribution in [2.45, 2.75) is 57.0 Å². The number of nitrogens with zero attached hydrogens (tertiary/aromatic N) is 1. The number of rotatable bonds is 1. The molecule has 3 rings (SSSR count). The Morgan fingerprint density at radius 2 is 1.94 bits per heavy atom. The average molecular weight is 234 g/mol. The molecule has 1 unspecified atom stereocenters. The molecule has 0 spiro atoms. The van der Waals surface area contributed by atoms with Crippen LogP contribution in [0.1, 0.15) is 66.4 Å². The molecule has 0 amide bonds. The van der Waals surface area contributed by atoms with Gasteiger partial charge in [0.1, 0.15) is 11.5 Å². The molecule has 92 valence electrons. The Bertz CT molecular complexity index is 433. The summed E-state index contributed by atoms with van der Waals surface area (Å²) in [5.74, 6) is 1.44. The van der Waals surface area contributed by atoms with Crippen LogP contribution in [0.15, 0.2) is 0 Å². The molecule has 2 N–H and O–H groups in total. The molecule has 0 aliphatic heterocycles. The number of imidazole rings is 1. The van der Waals surface area contributed by atoms with Crippen LogP contribution in [0, 0.1) is 0 Å². The van der Waals surface area contributed by atoms with Gasteiger partial charge in [-0.3, -0.25) is 4.79 Å². The summed E-state index contributed by atoms with van der Waals surface area (Å²) in [4.78, 5) is 19.5. The Morgan fingerprint density at radius 1 is 1.18 bits per heavy atom. The van der Waals surface area contributed by atoms with Crippen LogP contribution in [0.5, 0.6) is 0 Å². The van der Waals surface area contributed by atoms with E-state index in [1.807, 2.05) is 0 Å². The number of aliphatic hydroxyl groups is 1. The molecule has 2 aliphatic carbocycles. The minimum Gasteiger partial charge on any atom is -0.392 e. The maximum Gasteiger partial charge on any atom is 0.185 e. The molecule has 0 aromatic carbocycles. The number of aromatic amines is 1. The van der Waals surface area contributed by atoms with Gasteiger partial charge < -0.3 is 10.1 Å². The van der Waals surface area contributed by atoms with Crippen molar-refractivity contribution in [3.05, 3.63) is 17.2 Å². The first-order chi connectivity index (χ1) is 8.24. The van der Waals surface area contributed by atoms with Gasteiger partial charge in [-0.1, -0.05) is 19.3 Å². The molecule has 1 fully saturated rings. The second-order valence-electron chi connectivity index (χ2n) is 5.27. The van der Waals surface area contributed by atoms with Crippen molar-refractivity contribution in [3.63, 3.8) is 0 Å². The SMILES string of the molecule is O=C1CC(O)Cc2[nH]c(C3CCCCC3)nc21. The summed E-state index contributed by atoms with van der Waals surface area (Å²) in [6, 6.07) is 0. The molecule has 1 saturated carbocycles. The third-order valence-electron chi connectivity index (χ3n) is 3.91. The van der Waals surface area contributed by atoms with Crippen molar-refractivity contribution in [2.24, 2.45) is 0 Å². The van der Waals surface area contributed by atoms with Gasteiger partial charge >= 0.3 is 0 Å². The molecular formula is C13H18N2O2. The van der Waals surface area contributed by atoms with Gasteiger partial charge in [0.15, 0.2) is 5.78 Å². The topological polar surface area (TPSA) is 66.0 Å². The Hall–Kier alpha value is -1.16. The van der Waals surface area contributed by atoms with Crippen molar-refractivity contribution in [1.29, 1.82) is 0 Å². The van der Waals surface area contributed by atoms with Crippen LogP contribution >= 0.6 is 0 Å². The summed E-state index contributed by atoms with van der Waals surface area (Å²) in [7, 11) is 0. The number of carbonyl (C=O) groups excluding carboxylic acids is 1. The third kappa shape index (κ3) is 2.02. The molecule has 2 aliphatic rings. The highest BCUT2D eigenvalue weighted by atomic mass is 16.3. The van der Waals surface area contributed by atoms with Crippen molar-refractivity contribution in [3.8, 4) is 0 Å². The van der Waals surface area contributed by atoms with E-state index in [0.29, 0.717) is 18.0 Å². The van der Waals surface area contributed by atoms with E-state index in [4.69, 9.17) is 0 Å². The zero-order chi connectivity index (χ0) is 11.8. The summed E-state index contributed by atoms with van der Waals surface area (Å²) >= 11 is 0. The third-order valence-corrected chi connectivity index (χ3v) is 3.91. The summed E-state index contributed by atoms with van der Waals surface area (Å²) in [6.07, 6.45) is 6.40. The number of ketones is 1. The van der Waals surface area contributed by atoms with Gasteiger partial charge in [-0.2, -0.15) is 0 Å². The van der Waals surface area contributed by atoms with Crippen LogP contribution in [0.3, 0.4) is 0 Å². The minimum absolute atomic E-state index is 0.0166. The molecule has 1 heterocycles. The van der Waals surface area contributed by atoms with Crippen molar-refractivity contribution >= 4 is 5.78 Å². The second-order valence-corrected chi connectivity index (χ2v) is 5.27. The highest BCUT2D eigenvalue weighted by Crippen LogP contribution is 2.32. The molecule has 0 saturated heterocycles. The standard InChI is InChI=1S/C13H18N2O2/c16-9-6-10-12(11(17)7-9)15-13(14-10)8-4-2-1-3-5-8/h8-9,16H,1-7H2,(H,14,15). The number of Topliss-reactive ketones (excluding diaryl/α,β-unsaturated/α-hetero) is 1. The summed E-state index contributed by atoms with van der Waals surface area (Å²) in [5, 5.41) is 9.58. The molecule has 17 heavy (non-hydrogen) atoms. The lowest BCUT2D eigenvalue weighted by molar-refractivity contribution is 0.0846. The fourth-order valence-corrected chi connectivity index (χ4v) is 3.00. The number of aromatic nitrogens is 2. The van der Waals surface area contributed by atoms with E-state index in [2.05, 4.69) is 9.97 Å². The van der Waals surface area contributed by atoms with Gasteiger partial charge in [-0.05, 0) is 12.8 Å². The molecule has 4 heteroatoms. The largest absolute Gasteiger partial charge is 0.392 e. The van der Waals surface area contributed by atoms with Crippen molar-refractivity contribution in [1.82, 2.24) is 9.97 Å². The average Bonchev–Trinajstić information content (AvgIpc) is 2.74. The highest BCUT2D eigenvalue weighted by molar-refractivity contribution is 5.96. The van der Waals surface area contributed by atoms with E-state index in [-0.39, 0.29) is 12.2 Å². The lowest BCUT2D eigenvalue weighted by Gasteiger charge is -2.19. The second kappa shape index (κ2) is 4.26. The smallest absolute Gasteiger partial charge is 0.185 e. The summed E-state index contributed by atoms with van der Waals surface area (Å²) in [5.41, 5.74) is 1.42. The zero-order valence-corrected chi connectivity index (χ0v) is 9.91. The number of nitrogens with one attached hydrogen (secondary N) is 1. The Balaban J connectivity index is 1.88. The Labute approximate surface area is 100 Å². The Kier molecular flexibility index (Phi) is 2.74. The van der Waals surface area contributed by atoms with E-state index in [1.54, 1.807) is 0 Å². The molecule has 1 aromatic heterocycles. The quantitative estimate of drug-likeness (QED) is 0.780. The minimum atomic E-state index is -0.533. The highest BCUT2D eigenvalue weighted by Gasteiger charge is 2.29. The predicted molar refractivity (Wildman–Crippen MR) is 63.1 cm³/mol. The maximum atomic E-state index is 11.7. The predicted octanol–water partition coefficient (Wildman–Crippen LogP) is 1.95. The van der Waals surface area contributed by atoms with E-state index in [0.717, 1.165) is 11.5 Å². The fraction of sp³-hybridized carbons (Fsp3) is 0.692. The van der Waals surface area contributed by atoms with E-state index >= 15 is 0 Å². The first kappa shape index (κ1) is 11.0. The molecule has 0 bridgehead atoms. The maximum absolute atomic E-state index is 11.7. The number of hydrogen-bond donors (Lipinski definition) is 2. The monoisotopic (exact) mass is 234 g/mol. The van der Waals surface area contributed by atoms with E-state index in [9.17, 15) is 9.90 Å². The number of carbonyl (C=O) groups is 1. The van der Waals surface area contributed by atoms with Crippen molar-refractivity contribution in [2.75, 3.05) is 0 Å². The van der Waals surface area contributed by atoms with Gasteiger partial charge in [-0.15, -0.1) is 0 Å². The zero-order valence-electron chi connectivity index (χ0n) is 9.91. The van der Waals surface area contributed by atoms with E-state index in [1.165, 1.54) is 32.1 Å². The number of hydrogen-bond acceptors (Lipinski definition) is 3. The fourth-order valence-electron chi connectivity index (χ4n) is 3.00. The van der Waals surface area contributed by atoms with Crippen molar-refractivity contribution < 1.29 is 9.90 Å². The number of H-pyrrole nitrogens is 1. The first-order valence-electron chi connectivity index (χ1n) is 6.54. The number of aliphatic hydroxyl groups excluding tert-OH is 1. The Morgan fingerprint density at radius 3 is 2.71 bits per heavy atom. The van der Waals surface area contributed by atoms with Crippen LogP contribution in [0.25, 0.3) is 0 Å². The van der Waals surface area contributed by atoms with Gasteiger partial charge in [0.2, 0.25) is 0 Å². The van der Waals surface area contributed by atoms with Gasteiger partial charge in [-0.25, -0.2) is 4.98 Å². The van der Waals surface area contributed by atoms with Gasteiger partial charge in [0, 0.05) is 24.5 Å². The molecule has 0 radical (unpaired) electrons. The van der Waals surface area contributed by atoms with Crippen LogP contribution in [0.2, 0.25) is 0 Å². The summed E-state index contributed by atoms with van der Waals surface area (Å²) < 4.78 is 0. The van der Waals surface area contributed by atoms with Crippen LogP contribution < -0.4 is 0 Å². The molecule has 4 nitrogen and oxygen atoms in total. The molecular weight excluding hydrogens is 216 g/mol. The lowest BCUT2D eigenvalue weighted by Crippen LogP contribution is -2.23. The van der Waals surface area contributed by atoms with Crippen LogP contribution in [0.4, 0.5) is 0 Å². The van der Waals surface area contributed by atoms with Gasteiger partial charge in [0.25, 0.3) is 0 Å². The number of fused-ring (bicyclic) bond motifs is 1. The van der Waals surface area contributed by atoms with Crippen LogP contribution in [-0.2, 0) is 6.42 Å². The van der Waals surface area contributed by atoms with Crippen LogP contribution in [-0.4, -0.2) is 27.0 Å². The molecule has 1 aromatic rings. The lowest BCUT2D eigenvalue weighted by atomic mass is 9.89. The van der Waals surface area contributed by atoms with Gasteiger partial charge in [0.05, 0.1) is 6.10 Å². The normalized spacial score (nSPS) is 25.9. The molecule has 1 atom stereocenters. The van der Waals surface area contributed by atoms with E-state index < -0.39 is 6.10 Å². The first-order valence-corrected chi connectivity index (χ1v) is 6.54.